The van der Waals surface area contributed by atoms with E-state index in [-0.39, 0.29) is 25.1 Å². The van der Waals surface area contributed by atoms with E-state index in [9.17, 15) is 26.8 Å². The molecule has 10 nitrogen and oxygen atoms in total. The molecule has 0 radical (unpaired) electrons. The molecule has 0 saturated carbocycles. The van der Waals surface area contributed by atoms with Crippen LogP contribution in [0.3, 0.4) is 0 Å². The van der Waals surface area contributed by atoms with E-state index in [1.54, 1.807) is 25.7 Å². The fraction of sp³-hybridized carbons (Fsp3) is 0.500. The fourth-order valence-corrected chi connectivity index (χ4v) is 4.91. The van der Waals surface area contributed by atoms with Gasteiger partial charge in [-0.25, -0.2) is 22.0 Å². The number of aromatic nitrogens is 2. The van der Waals surface area contributed by atoms with Crippen LogP contribution in [0.1, 0.15) is 50.1 Å². The van der Waals surface area contributed by atoms with Crippen LogP contribution in [0.4, 0.5) is 13.6 Å². The maximum absolute atomic E-state index is 14.6. The molecule has 3 heterocycles. The van der Waals surface area contributed by atoms with Crippen molar-refractivity contribution in [2.45, 2.75) is 64.0 Å². The largest absolute Gasteiger partial charge is 0.444 e. The van der Waals surface area contributed by atoms with Gasteiger partial charge in [-0.2, -0.15) is 9.19 Å². The van der Waals surface area contributed by atoms with E-state index in [2.05, 4.69) is 15.7 Å². The van der Waals surface area contributed by atoms with Crippen molar-refractivity contribution in [1.82, 2.24) is 24.7 Å². The van der Waals surface area contributed by atoms with Gasteiger partial charge in [-0.3, -0.25) is 9.69 Å². The molecule has 2 aliphatic rings. The van der Waals surface area contributed by atoms with E-state index in [1.807, 2.05) is 0 Å². The quantitative estimate of drug-likeness (QED) is 0.642. The lowest BCUT2D eigenvalue weighted by molar-refractivity contribution is -0.130. The standard InChI is InChI=1S/C22H27F2N5O5S/c1-22(2,3)34-21(31)25-16-8-18(20(30)26-19(16)14-7-13(23)5-6-15(14)24)28-9-12-10-29(35(4,32)33)27-17(12)11-28/h5-7,10,16,18-19H,8-9,11H2,1-4H3,(H,25,31)(H,26,30)/t16-,18?,19+/m0/s1. The summed E-state index contributed by atoms with van der Waals surface area (Å²) in [6, 6.07) is 0.356. The highest BCUT2D eigenvalue weighted by molar-refractivity contribution is 7.89. The number of nitrogens with zero attached hydrogens (tertiary/aromatic N) is 3. The zero-order chi connectivity index (χ0) is 25.7. The molecule has 2 N–H and O–H groups in total. The molecule has 0 spiro atoms. The molecule has 2 aromatic rings. The van der Waals surface area contributed by atoms with Gasteiger partial charge in [0.15, 0.2) is 0 Å². The lowest BCUT2D eigenvalue weighted by atomic mass is 9.88. The fourth-order valence-electron chi connectivity index (χ4n) is 4.34. The number of hydrogen-bond donors (Lipinski definition) is 2. The minimum absolute atomic E-state index is 0.0854. The van der Waals surface area contributed by atoms with Crippen LogP contribution in [-0.2, 0) is 32.6 Å². The van der Waals surface area contributed by atoms with Gasteiger partial charge in [0.25, 0.3) is 10.0 Å². The number of ether oxygens (including phenoxy) is 1. The number of carbonyl (C=O) groups excluding carboxylic acids is 2. The first kappa shape index (κ1) is 25.0. The number of carbonyl (C=O) groups is 2. The third-order valence-corrected chi connectivity index (χ3v) is 6.70. The maximum atomic E-state index is 14.6. The topological polar surface area (TPSA) is 123 Å². The second-order valence-corrected chi connectivity index (χ2v) is 11.6. The highest BCUT2D eigenvalue weighted by atomic mass is 32.2. The monoisotopic (exact) mass is 511 g/mol. The summed E-state index contributed by atoms with van der Waals surface area (Å²) in [5.74, 6) is -1.83. The number of alkyl carbamates (subject to hydrolysis) is 1. The van der Waals surface area contributed by atoms with Crippen molar-refractivity contribution >= 4 is 22.0 Å². The Labute approximate surface area is 201 Å². The number of nitrogens with one attached hydrogen (secondary N) is 2. The van der Waals surface area contributed by atoms with E-state index in [4.69, 9.17) is 4.74 Å². The van der Waals surface area contributed by atoms with Crippen LogP contribution < -0.4 is 10.6 Å². The highest BCUT2D eigenvalue weighted by Crippen LogP contribution is 2.32. The Bertz CT molecular complexity index is 1250. The van der Waals surface area contributed by atoms with Crippen molar-refractivity contribution < 1.29 is 31.5 Å². The zero-order valence-electron chi connectivity index (χ0n) is 19.7. The van der Waals surface area contributed by atoms with E-state index in [0.717, 1.165) is 28.5 Å². The van der Waals surface area contributed by atoms with Crippen LogP contribution in [0, 0.1) is 11.6 Å². The van der Waals surface area contributed by atoms with Gasteiger partial charge in [0.2, 0.25) is 5.91 Å². The molecule has 1 aromatic carbocycles. The lowest BCUT2D eigenvalue weighted by Crippen LogP contribution is -2.59. The summed E-state index contributed by atoms with van der Waals surface area (Å²) in [5, 5.41) is 9.52. The molecule has 35 heavy (non-hydrogen) atoms. The van der Waals surface area contributed by atoms with E-state index >= 15 is 0 Å². The molecule has 13 heteroatoms. The molecule has 2 amide bonds. The molecule has 2 aliphatic heterocycles. The van der Waals surface area contributed by atoms with E-state index in [0.29, 0.717) is 11.3 Å². The number of amides is 2. The van der Waals surface area contributed by atoms with Gasteiger partial charge in [0.1, 0.15) is 17.2 Å². The second-order valence-electron chi connectivity index (χ2n) is 9.80. The molecule has 1 saturated heterocycles. The summed E-state index contributed by atoms with van der Waals surface area (Å²) >= 11 is 0. The van der Waals surface area contributed by atoms with Gasteiger partial charge in [-0.05, 0) is 45.4 Å². The summed E-state index contributed by atoms with van der Waals surface area (Å²) in [5.41, 5.74) is 0.312. The highest BCUT2D eigenvalue weighted by Gasteiger charge is 2.43. The molecule has 1 unspecified atom stereocenters. The summed E-state index contributed by atoms with van der Waals surface area (Å²) in [7, 11) is -3.54. The third kappa shape index (κ3) is 5.45. The van der Waals surface area contributed by atoms with E-state index in [1.165, 1.54) is 6.20 Å². The molecule has 4 rings (SSSR count). The number of fused-ring (bicyclic) bond motifs is 1. The Morgan fingerprint density at radius 2 is 1.97 bits per heavy atom. The third-order valence-electron chi connectivity index (χ3n) is 5.84. The van der Waals surface area contributed by atoms with Crippen molar-refractivity contribution in [3.05, 3.63) is 52.9 Å². The van der Waals surface area contributed by atoms with Gasteiger partial charge in [0.05, 0.1) is 30.1 Å². The van der Waals surface area contributed by atoms with Crippen LogP contribution in [0.2, 0.25) is 0 Å². The lowest BCUT2D eigenvalue weighted by Gasteiger charge is -2.40. The molecule has 3 atom stereocenters. The summed E-state index contributed by atoms with van der Waals surface area (Å²) in [6.45, 7) is 5.56. The first-order chi connectivity index (χ1) is 16.2. The number of benzene rings is 1. The summed E-state index contributed by atoms with van der Waals surface area (Å²) < 4.78 is 58.3. The molecule has 190 valence electrons. The average molecular weight is 512 g/mol. The van der Waals surface area contributed by atoms with Crippen molar-refractivity contribution in [1.29, 1.82) is 0 Å². The molecular formula is C22H27F2N5O5S. The van der Waals surface area contributed by atoms with Gasteiger partial charge in [-0.1, -0.05) is 0 Å². The van der Waals surface area contributed by atoms with Crippen molar-refractivity contribution in [2.75, 3.05) is 6.26 Å². The Balaban J connectivity index is 1.58. The van der Waals surface area contributed by atoms with E-state index < -0.39 is 57.4 Å². The van der Waals surface area contributed by atoms with Gasteiger partial charge in [-0.15, -0.1) is 0 Å². The van der Waals surface area contributed by atoms with Crippen molar-refractivity contribution in [2.24, 2.45) is 0 Å². The van der Waals surface area contributed by atoms with Crippen LogP contribution in [0.5, 0.6) is 0 Å². The maximum Gasteiger partial charge on any atom is 0.407 e. The molecular weight excluding hydrogens is 484 g/mol. The van der Waals surface area contributed by atoms with Crippen LogP contribution in [-0.4, -0.2) is 58.4 Å². The Morgan fingerprint density at radius 1 is 1.26 bits per heavy atom. The van der Waals surface area contributed by atoms with Crippen LogP contribution in [0.25, 0.3) is 0 Å². The number of hydrogen-bond acceptors (Lipinski definition) is 7. The predicted molar refractivity (Wildman–Crippen MR) is 121 cm³/mol. The number of piperidine rings is 1. The van der Waals surface area contributed by atoms with Gasteiger partial charge in [0, 0.05) is 30.4 Å². The number of rotatable bonds is 4. The number of halogens is 2. The van der Waals surface area contributed by atoms with Crippen molar-refractivity contribution in [3.63, 3.8) is 0 Å². The Morgan fingerprint density at radius 3 is 2.60 bits per heavy atom. The summed E-state index contributed by atoms with van der Waals surface area (Å²) in [4.78, 5) is 27.4. The average Bonchev–Trinajstić information content (AvgIpc) is 3.29. The van der Waals surface area contributed by atoms with Crippen LogP contribution in [0.15, 0.2) is 24.4 Å². The molecule has 0 bridgehead atoms. The second kappa shape index (κ2) is 8.86. The van der Waals surface area contributed by atoms with Gasteiger partial charge >= 0.3 is 6.09 Å². The minimum atomic E-state index is -3.54. The molecule has 1 fully saturated rings. The minimum Gasteiger partial charge on any atom is -0.444 e. The van der Waals surface area contributed by atoms with Crippen LogP contribution >= 0.6 is 0 Å². The normalized spacial score (nSPS) is 23.0. The SMILES string of the molecule is CC(C)(C)OC(=O)N[C@H]1CC(N2Cc3cn(S(C)(=O)=O)nc3C2)C(=O)N[C@@H]1c1cc(F)ccc1F. The molecule has 0 aliphatic carbocycles. The smallest absolute Gasteiger partial charge is 0.407 e. The summed E-state index contributed by atoms with van der Waals surface area (Å²) in [6.07, 6.45) is 1.78. The van der Waals surface area contributed by atoms with Crippen molar-refractivity contribution in [3.8, 4) is 0 Å². The molecule has 1 aromatic heterocycles. The van der Waals surface area contributed by atoms with Gasteiger partial charge < -0.3 is 15.4 Å². The first-order valence-corrected chi connectivity index (χ1v) is 12.8. The predicted octanol–water partition coefficient (Wildman–Crippen LogP) is 1.81. The zero-order valence-corrected chi connectivity index (χ0v) is 20.5. The first-order valence-electron chi connectivity index (χ1n) is 11.0. The Hall–Kier alpha value is -3.06. The Kier molecular flexibility index (Phi) is 6.34.